The number of nitrogens with zero attached hydrogens (tertiary/aromatic N) is 2. The Morgan fingerprint density at radius 2 is 2.30 bits per heavy atom. The van der Waals surface area contributed by atoms with Crippen molar-refractivity contribution in [3.8, 4) is 5.75 Å². The Bertz CT molecular complexity index is 765. The predicted molar refractivity (Wildman–Crippen MR) is 88.9 cm³/mol. The predicted octanol–water partition coefficient (Wildman–Crippen LogP) is 2.70. The number of aromatic amines is 1. The summed E-state index contributed by atoms with van der Waals surface area (Å²) in [7, 11) is 0. The first-order valence-corrected chi connectivity index (χ1v) is 8.14. The van der Waals surface area contributed by atoms with Crippen LogP contribution in [0.3, 0.4) is 0 Å². The summed E-state index contributed by atoms with van der Waals surface area (Å²) in [6.07, 6.45) is 0.680. The van der Waals surface area contributed by atoms with Crippen LogP contribution < -0.4 is 10.1 Å². The zero-order chi connectivity index (χ0) is 16.4. The lowest BCUT2D eigenvalue weighted by Crippen LogP contribution is -2.33. The van der Waals surface area contributed by atoms with E-state index in [1.807, 2.05) is 42.7 Å². The highest BCUT2D eigenvalue weighted by Gasteiger charge is 2.27. The maximum atomic E-state index is 12.6. The van der Waals surface area contributed by atoms with Crippen LogP contribution >= 0.6 is 12.2 Å². The van der Waals surface area contributed by atoms with E-state index < -0.39 is 0 Å². The van der Waals surface area contributed by atoms with Gasteiger partial charge in [-0.05, 0) is 38.6 Å². The van der Waals surface area contributed by atoms with E-state index in [1.165, 1.54) is 0 Å². The molecular weight excluding hydrogens is 312 g/mol. The Labute approximate surface area is 139 Å². The van der Waals surface area contributed by atoms with Crippen molar-refractivity contribution in [2.45, 2.75) is 38.8 Å². The average molecular weight is 332 g/mol. The van der Waals surface area contributed by atoms with Gasteiger partial charge in [0, 0.05) is 11.6 Å². The van der Waals surface area contributed by atoms with Gasteiger partial charge >= 0.3 is 0 Å². The third-order valence-corrected chi connectivity index (χ3v) is 4.28. The molecule has 122 valence electrons. The molecule has 1 atom stereocenters. The lowest BCUT2D eigenvalue weighted by atomic mass is 9.92. The van der Waals surface area contributed by atoms with Gasteiger partial charge in [-0.3, -0.25) is 9.89 Å². The molecule has 23 heavy (non-hydrogen) atoms. The van der Waals surface area contributed by atoms with Crippen LogP contribution in [0.15, 0.2) is 24.3 Å². The van der Waals surface area contributed by atoms with Gasteiger partial charge < -0.3 is 14.6 Å². The maximum absolute atomic E-state index is 12.6. The molecule has 0 bridgehead atoms. The molecule has 1 aliphatic heterocycles. The van der Waals surface area contributed by atoms with E-state index in [-0.39, 0.29) is 17.9 Å². The average Bonchev–Trinajstić information content (AvgIpc) is 2.93. The van der Waals surface area contributed by atoms with E-state index in [1.54, 1.807) is 0 Å². The summed E-state index contributed by atoms with van der Waals surface area (Å²) >= 11 is 5.22. The lowest BCUT2D eigenvalue weighted by molar-refractivity contribution is -0.123. The van der Waals surface area contributed by atoms with Gasteiger partial charge in [-0.1, -0.05) is 18.2 Å². The van der Waals surface area contributed by atoms with Crippen LogP contribution in [-0.4, -0.2) is 27.3 Å². The summed E-state index contributed by atoms with van der Waals surface area (Å²) in [6.45, 7) is 4.97. The van der Waals surface area contributed by atoms with Crippen molar-refractivity contribution < 1.29 is 9.53 Å². The highest BCUT2D eigenvalue weighted by molar-refractivity contribution is 7.71. The number of H-pyrrole nitrogens is 1. The zero-order valence-electron chi connectivity index (χ0n) is 13.2. The molecule has 0 unspecified atom stereocenters. The number of ether oxygens (including phenoxy) is 1. The number of carbonyl (C=O) groups excluding carboxylic acids is 1. The van der Waals surface area contributed by atoms with E-state index in [0.29, 0.717) is 24.3 Å². The highest BCUT2D eigenvalue weighted by Crippen LogP contribution is 2.33. The second kappa shape index (κ2) is 6.54. The molecule has 2 aromatic rings. The van der Waals surface area contributed by atoms with Gasteiger partial charge in [-0.25, -0.2) is 0 Å². The van der Waals surface area contributed by atoms with E-state index in [4.69, 9.17) is 17.0 Å². The Kier molecular flexibility index (Phi) is 4.47. The number of amides is 1. The van der Waals surface area contributed by atoms with E-state index >= 15 is 0 Å². The van der Waals surface area contributed by atoms with Crippen molar-refractivity contribution in [2.75, 3.05) is 6.61 Å². The number of nitrogens with one attached hydrogen (secondary N) is 2. The smallest absolute Gasteiger partial charge is 0.228 e. The fourth-order valence-corrected chi connectivity index (χ4v) is 3.26. The molecule has 1 aromatic heterocycles. The second-order valence-corrected chi connectivity index (χ2v) is 6.24. The van der Waals surface area contributed by atoms with Gasteiger partial charge in [0.1, 0.15) is 5.75 Å². The Hall–Kier alpha value is -2.15. The van der Waals surface area contributed by atoms with Crippen LogP contribution in [0.2, 0.25) is 0 Å². The monoisotopic (exact) mass is 332 g/mol. The zero-order valence-corrected chi connectivity index (χ0v) is 14.0. The van der Waals surface area contributed by atoms with Crippen molar-refractivity contribution in [3.63, 3.8) is 0 Å². The molecule has 2 N–H and O–H groups in total. The summed E-state index contributed by atoms with van der Waals surface area (Å²) in [5.41, 5.74) is 0.943. The van der Waals surface area contributed by atoms with E-state index in [0.717, 1.165) is 17.1 Å². The lowest BCUT2D eigenvalue weighted by Gasteiger charge is -2.25. The summed E-state index contributed by atoms with van der Waals surface area (Å²) < 4.78 is 8.09. The maximum Gasteiger partial charge on any atom is 0.228 e. The molecule has 0 saturated carbocycles. The molecule has 1 aromatic carbocycles. The van der Waals surface area contributed by atoms with Crippen LogP contribution in [0.4, 0.5) is 0 Å². The van der Waals surface area contributed by atoms with Crippen LogP contribution in [0.5, 0.6) is 5.75 Å². The highest BCUT2D eigenvalue weighted by atomic mass is 32.1. The van der Waals surface area contributed by atoms with Crippen molar-refractivity contribution >= 4 is 18.1 Å². The number of rotatable bonds is 4. The van der Waals surface area contributed by atoms with Crippen LogP contribution in [0.25, 0.3) is 0 Å². The van der Waals surface area contributed by atoms with Crippen molar-refractivity contribution in [1.29, 1.82) is 0 Å². The molecule has 0 saturated heterocycles. The van der Waals surface area contributed by atoms with Crippen LogP contribution in [0, 0.1) is 4.77 Å². The SMILES string of the molecule is CC(C)n1c(CNC(=O)[C@H]2CCOc3ccccc32)n[nH]c1=S. The van der Waals surface area contributed by atoms with Gasteiger partial charge in [0.2, 0.25) is 5.91 Å². The van der Waals surface area contributed by atoms with Crippen LogP contribution in [0.1, 0.15) is 43.6 Å². The minimum absolute atomic E-state index is 0.00928. The van der Waals surface area contributed by atoms with Crippen LogP contribution in [-0.2, 0) is 11.3 Å². The standard InChI is InChI=1S/C16H20N4O2S/c1-10(2)20-14(18-19-16(20)23)9-17-15(21)12-7-8-22-13-6-4-3-5-11(12)13/h3-6,10,12H,7-9H2,1-2H3,(H,17,21)(H,19,23)/t12-/m0/s1. The molecule has 6 nitrogen and oxygen atoms in total. The van der Waals surface area contributed by atoms with Gasteiger partial charge in [0.15, 0.2) is 10.6 Å². The molecule has 0 radical (unpaired) electrons. The molecule has 1 aliphatic rings. The fraction of sp³-hybridized carbons (Fsp3) is 0.438. The molecule has 0 fully saturated rings. The number of aromatic nitrogens is 3. The molecular formula is C16H20N4O2S. The third kappa shape index (κ3) is 3.14. The number of hydrogen-bond donors (Lipinski definition) is 2. The normalized spacial score (nSPS) is 16.7. The second-order valence-electron chi connectivity index (χ2n) is 5.85. The summed E-state index contributed by atoms with van der Waals surface area (Å²) in [5.74, 6) is 1.33. The number of para-hydroxylation sites is 1. The minimum atomic E-state index is -0.186. The quantitative estimate of drug-likeness (QED) is 0.845. The molecule has 0 aliphatic carbocycles. The first kappa shape index (κ1) is 15.7. The largest absolute Gasteiger partial charge is 0.493 e. The Balaban J connectivity index is 1.73. The van der Waals surface area contributed by atoms with E-state index in [9.17, 15) is 4.79 Å². The Morgan fingerprint density at radius 1 is 1.52 bits per heavy atom. The number of hydrogen-bond acceptors (Lipinski definition) is 4. The molecule has 1 amide bonds. The number of benzene rings is 1. The molecule has 2 heterocycles. The van der Waals surface area contributed by atoms with Gasteiger partial charge in [0.25, 0.3) is 0 Å². The Morgan fingerprint density at radius 3 is 3.09 bits per heavy atom. The van der Waals surface area contributed by atoms with Gasteiger partial charge in [-0.15, -0.1) is 0 Å². The number of fused-ring (bicyclic) bond motifs is 1. The number of carbonyl (C=O) groups is 1. The molecule has 7 heteroatoms. The van der Waals surface area contributed by atoms with Gasteiger partial charge in [0.05, 0.1) is 19.1 Å². The fourth-order valence-electron chi connectivity index (χ4n) is 2.90. The van der Waals surface area contributed by atoms with E-state index in [2.05, 4.69) is 15.5 Å². The first-order chi connectivity index (χ1) is 11.1. The minimum Gasteiger partial charge on any atom is -0.493 e. The van der Waals surface area contributed by atoms with Crippen molar-refractivity contribution in [3.05, 3.63) is 40.4 Å². The molecule has 3 rings (SSSR count). The topological polar surface area (TPSA) is 71.9 Å². The third-order valence-electron chi connectivity index (χ3n) is 3.99. The van der Waals surface area contributed by atoms with Crippen molar-refractivity contribution in [2.24, 2.45) is 0 Å². The summed E-state index contributed by atoms with van der Waals surface area (Å²) in [5, 5.41) is 9.96. The van der Waals surface area contributed by atoms with Crippen molar-refractivity contribution in [1.82, 2.24) is 20.1 Å². The first-order valence-electron chi connectivity index (χ1n) is 7.73. The summed E-state index contributed by atoms with van der Waals surface area (Å²) in [6, 6.07) is 7.88. The van der Waals surface area contributed by atoms with Gasteiger partial charge in [-0.2, -0.15) is 5.10 Å². The summed E-state index contributed by atoms with van der Waals surface area (Å²) in [4.78, 5) is 12.6. The molecule has 0 spiro atoms.